The predicted octanol–water partition coefficient (Wildman–Crippen LogP) is 0.425. The molecule has 9 heteroatoms. The topological polar surface area (TPSA) is 101 Å². The molecule has 2 aliphatic rings. The summed E-state index contributed by atoms with van der Waals surface area (Å²) < 4.78 is 24.5. The summed E-state index contributed by atoms with van der Waals surface area (Å²) in [6.07, 6.45) is 5.02. The van der Waals surface area contributed by atoms with Crippen LogP contribution in [0.3, 0.4) is 0 Å². The molecule has 1 aromatic rings. The largest absolute Gasteiger partial charge is 0.335 e. The Labute approximate surface area is 153 Å². The normalized spacial score (nSPS) is 24.4. The SMILES string of the molecule is CCCCC(=O)N1CCN(C(=O)c2cnc(C)nc2)[C@H]2CS(=O)(=O)C[C@H]21. The van der Waals surface area contributed by atoms with E-state index in [-0.39, 0.29) is 23.3 Å². The van der Waals surface area contributed by atoms with Gasteiger partial charge in [-0.2, -0.15) is 0 Å². The zero-order valence-electron chi connectivity index (χ0n) is 15.1. The molecular weight excluding hydrogens is 356 g/mol. The quantitative estimate of drug-likeness (QED) is 0.751. The minimum atomic E-state index is -3.29. The number of hydrogen-bond acceptors (Lipinski definition) is 6. The fourth-order valence-electron chi connectivity index (χ4n) is 3.66. The molecule has 3 rings (SSSR count). The van der Waals surface area contributed by atoms with E-state index in [1.165, 1.54) is 12.4 Å². The van der Waals surface area contributed by atoms with Crippen molar-refractivity contribution in [1.29, 1.82) is 0 Å². The first-order chi connectivity index (χ1) is 12.3. The van der Waals surface area contributed by atoms with Gasteiger partial charge < -0.3 is 9.80 Å². The van der Waals surface area contributed by atoms with Crippen LogP contribution in [0.5, 0.6) is 0 Å². The van der Waals surface area contributed by atoms with E-state index in [2.05, 4.69) is 9.97 Å². The number of rotatable bonds is 4. The zero-order chi connectivity index (χ0) is 18.9. The molecular formula is C17H24N4O4S. The van der Waals surface area contributed by atoms with Crippen LogP contribution in [0.1, 0.15) is 42.4 Å². The minimum Gasteiger partial charge on any atom is -0.335 e. The maximum Gasteiger partial charge on any atom is 0.257 e. The number of hydrogen-bond donors (Lipinski definition) is 0. The monoisotopic (exact) mass is 380 g/mol. The van der Waals surface area contributed by atoms with Crippen molar-refractivity contribution in [1.82, 2.24) is 19.8 Å². The summed E-state index contributed by atoms with van der Waals surface area (Å²) in [7, 11) is -3.29. The number of unbranched alkanes of at least 4 members (excludes halogenated alkanes) is 1. The standard InChI is InChI=1S/C17H24N4O4S/c1-3-4-5-16(22)20-6-7-21(15-11-26(24,25)10-14(15)20)17(23)13-8-18-12(2)19-9-13/h8-9,14-15H,3-7,10-11H2,1-2H3/t14-,15+/m1/s1. The average Bonchev–Trinajstić information content (AvgIpc) is 2.93. The second kappa shape index (κ2) is 7.30. The third-order valence-corrected chi connectivity index (χ3v) is 6.73. The second-order valence-electron chi connectivity index (χ2n) is 6.92. The maximum atomic E-state index is 12.9. The van der Waals surface area contributed by atoms with Gasteiger partial charge in [-0.15, -0.1) is 0 Å². The summed E-state index contributed by atoms with van der Waals surface area (Å²) in [6.45, 7) is 4.42. The molecule has 142 valence electrons. The Balaban J connectivity index is 1.83. The molecule has 3 heterocycles. The summed E-state index contributed by atoms with van der Waals surface area (Å²) in [5.74, 6) is 0.0777. The molecule has 26 heavy (non-hydrogen) atoms. The van der Waals surface area contributed by atoms with Crippen LogP contribution in [-0.4, -0.2) is 76.7 Å². The van der Waals surface area contributed by atoms with E-state index >= 15 is 0 Å². The van der Waals surface area contributed by atoms with Gasteiger partial charge in [0.25, 0.3) is 5.91 Å². The highest BCUT2D eigenvalue weighted by Crippen LogP contribution is 2.28. The molecule has 0 aromatic carbocycles. The Morgan fingerprint density at radius 2 is 1.69 bits per heavy atom. The van der Waals surface area contributed by atoms with Crippen LogP contribution in [0.4, 0.5) is 0 Å². The van der Waals surface area contributed by atoms with Crippen LogP contribution < -0.4 is 0 Å². The Morgan fingerprint density at radius 3 is 2.31 bits per heavy atom. The Hall–Kier alpha value is -2.03. The predicted molar refractivity (Wildman–Crippen MR) is 95.3 cm³/mol. The van der Waals surface area contributed by atoms with Crippen LogP contribution >= 0.6 is 0 Å². The van der Waals surface area contributed by atoms with Crippen LogP contribution in [0.15, 0.2) is 12.4 Å². The minimum absolute atomic E-state index is 0.0234. The number of sulfone groups is 1. The van der Waals surface area contributed by atoms with Gasteiger partial charge in [0.2, 0.25) is 5.91 Å². The lowest BCUT2D eigenvalue weighted by Gasteiger charge is -2.44. The smallest absolute Gasteiger partial charge is 0.257 e. The van der Waals surface area contributed by atoms with Crippen molar-refractivity contribution in [3.63, 3.8) is 0 Å². The van der Waals surface area contributed by atoms with Crippen molar-refractivity contribution in [3.8, 4) is 0 Å². The van der Waals surface area contributed by atoms with E-state index in [4.69, 9.17) is 0 Å². The van der Waals surface area contributed by atoms with Crippen LogP contribution in [0.25, 0.3) is 0 Å². The number of aromatic nitrogens is 2. The van der Waals surface area contributed by atoms with E-state index in [0.29, 0.717) is 30.9 Å². The van der Waals surface area contributed by atoms with Gasteiger partial charge in [-0.3, -0.25) is 9.59 Å². The van der Waals surface area contributed by atoms with Gasteiger partial charge in [-0.05, 0) is 13.3 Å². The van der Waals surface area contributed by atoms with E-state index in [9.17, 15) is 18.0 Å². The lowest BCUT2D eigenvalue weighted by atomic mass is 10.0. The number of amides is 2. The highest BCUT2D eigenvalue weighted by Gasteiger charge is 2.49. The second-order valence-corrected chi connectivity index (χ2v) is 9.07. The first-order valence-electron chi connectivity index (χ1n) is 8.92. The van der Waals surface area contributed by atoms with Gasteiger partial charge in [0.15, 0.2) is 9.84 Å². The van der Waals surface area contributed by atoms with Crippen molar-refractivity contribution >= 4 is 21.7 Å². The van der Waals surface area contributed by atoms with Crippen molar-refractivity contribution in [2.45, 2.75) is 45.2 Å². The molecule has 1 aromatic heterocycles. The summed E-state index contributed by atoms with van der Waals surface area (Å²) in [5, 5.41) is 0. The highest BCUT2D eigenvalue weighted by molar-refractivity contribution is 7.91. The number of fused-ring (bicyclic) bond motifs is 1. The molecule has 2 aliphatic heterocycles. The molecule has 0 spiro atoms. The van der Waals surface area contributed by atoms with E-state index < -0.39 is 21.9 Å². The van der Waals surface area contributed by atoms with Gasteiger partial charge in [-0.1, -0.05) is 13.3 Å². The van der Waals surface area contributed by atoms with E-state index in [1.807, 2.05) is 6.92 Å². The maximum absolute atomic E-state index is 12.9. The first kappa shape index (κ1) is 18.8. The molecule has 2 fully saturated rings. The number of piperazine rings is 1. The van der Waals surface area contributed by atoms with Gasteiger partial charge >= 0.3 is 0 Å². The molecule has 2 atom stereocenters. The summed E-state index contributed by atoms with van der Waals surface area (Å²) in [6, 6.07) is -0.971. The van der Waals surface area contributed by atoms with Gasteiger partial charge in [0.1, 0.15) is 5.82 Å². The number of nitrogens with zero attached hydrogens (tertiary/aromatic N) is 4. The van der Waals surface area contributed by atoms with Crippen molar-refractivity contribution in [2.75, 3.05) is 24.6 Å². The lowest BCUT2D eigenvalue weighted by molar-refractivity contribution is -0.136. The molecule has 0 radical (unpaired) electrons. The fraction of sp³-hybridized carbons (Fsp3) is 0.647. The Kier molecular flexibility index (Phi) is 5.27. The fourth-order valence-corrected chi connectivity index (χ4v) is 5.64. The van der Waals surface area contributed by atoms with Crippen molar-refractivity contribution in [3.05, 3.63) is 23.8 Å². The summed E-state index contributed by atoms with van der Waals surface area (Å²) >= 11 is 0. The van der Waals surface area contributed by atoms with Crippen molar-refractivity contribution < 1.29 is 18.0 Å². The highest BCUT2D eigenvalue weighted by atomic mass is 32.2. The van der Waals surface area contributed by atoms with Gasteiger partial charge in [-0.25, -0.2) is 18.4 Å². The number of carbonyl (C=O) groups is 2. The average molecular weight is 380 g/mol. The zero-order valence-corrected chi connectivity index (χ0v) is 15.9. The lowest BCUT2D eigenvalue weighted by Crippen LogP contribution is -2.62. The van der Waals surface area contributed by atoms with Gasteiger partial charge in [0.05, 0.1) is 29.2 Å². The van der Waals surface area contributed by atoms with E-state index in [1.54, 1.807) is 16.7 Å². The molecule has 0 aliphatic carbocycles. The van der Waals surface area contributed by atoms with Gasteiger partial charge in [0, 0.05) is 31.9 Å². The summed E-state index contributed by atoms with van der Waals surface area (Å²) in [5.41, 5.74) is 0.337. The van der Waals surface area contributed by atoms with Crippen LogP contribution in [0.2, 0.25) is 0 Å². The molecule has 2 amide bonds. The van der Waals surface area contributed by atoms with Crippen molar-refractivity contribution in [2.24, 2.45) is 0 Å². The molecule has 0 saturated carbocycles. The van der Waals surface area contributed by atoms with Crippen LogP contribution in [-0.2, 0) is 14.6 Å². The summed E-state index contributed by atoms with van der Waals surface area (Å²) in [4.78, 5) is 36.7. The Bertz CT molecular complexity index is 793. The number of carbonyl (C=O) groups excluding carboxylic acids is 2. The third-order valence-electron chi connectivity index (χ3n) is 5.03. The first-order valence-corrected chi connectivity index (χ1v) is 10.7. The molecule has 8 nitrogen and oxygen atoms in total. The van der Waals surface area contributed by atoms with Crippen LogP contribution in [0, 0.1) is 6.92 Å². The molecule has 0 unspecified atom stereocenters. The third kappa shape index (κ3) is 3.72. The van der Waals surface area contributed by atoms with E-state index in [0.717, 1.165) is 12.8 Å². The molecule has 0 bridgehead atoms. The molecule has 2 saturated heterocycles. The Morgan fingerprint density at radius 1 is 1.12 bits per heavy atom. The number of aryl methyl sites for hydroxylation is 1. The molecule has 0 N–H and O–H groups in total.